The third-order valence-electron chi connectivity index (χ3n) is 14.2. The van der Waals surface area contributed by atoms with Crippen LogP contribution < -0.4 is 4.90 Å². The molecule has 1 heterocycles. The summed E-state index contributed by atoms with van der Waals surface area (Å²) >= 11 is 0. The number of hydrogen-bond donors (Lipinski definition) is 0. The molecule has 0 aliphatic heterocycles. The molecule has 0 saturated heterocycles. The van der Waals surface area contributed by atoms with Gasteiger partial charge in [-0.3, -0.25) is 0 Å². The lowest BCUT2D eigenvalue weighted by molar-refractivity contribution is 0.670. The van der Waals surface area contributed by atoms with Crippen molar-refractivity contribution in [3.05, 3.63) is 295 Å². The summed E-state index contributed by atoms with van der Waals surface area (Å²) < 4.78 is 6.56. The Morgan fingerprint density at radius 1 is 0.290 bits per heavy atom. The molecule has 324 valence electrons. The molecule has 12 aromatic rings. The molecule has 0 fully saturated rings. The lowest BCUT2D eigenvalue weighted by Gasteiger charge is -2.35. The summed E-state index contributed by atoms with van der Waals surface area (Å²) in [4.78, 5) is 2.47. The molecule has 1 aliphatic rings. The van der Waals surface area contributed by atoms with E-state index in [2.05, 4.69) is 272 Å². The fourth-order valence-electron chi connectivity index (χ4n) is 11.0. The molecule has 1 aliphatic carbocycles. The van der Waals surface area contributed by atoms with Crippen molar-refractivity contribution in [2.75, 3.05) is 4.90 Å². The third-order valence-corrected chi connectivity index (χ3v) is 14.2. The molecule has 2 nitrogen and oxygen atoms in total. The van der Waals surface area contributed by atoms with Gasteiger partial charge in [-0.1, -0.05) is 237 Å². The Kier molecular flexibility index (Phi) is 9.77. The normalized spacial score (nSPS) is 12.5. The van der Waals surface area contributed by atoms with E-state index in [1.165, 1.54) is 44.5 Å². The largest absolute Gasteiger partial charge is 0.455 e. The van der Waals surface area contributed by atoms with Crippen molar-refractivity contribution in [3.8, 4) is 55.6 Å². The van der Waals surface area contributed by atoms with Crippen molar-refractivity contribution in [1.29, 1.82) is 0 Å². The monoisotopic (exact) mass is 879 g/mol. The van der Waals surface area contributed by atoms with Gasteiger partial charge < -0.3 is 9.32 Å². The average Bonchev–Trinajstić information content (AvgIpc) is 3.96. The molecule has 69 heavy (non-hydrogen) atoms. The van der Waals surface area contributed by atoms with Gasteiger partial charge in [-0.2, -0.15) is 0 Å². The minimum Gasteiger partial charge on any atom is -0.455 e. The number of para-hydroxylation sites is 2. The van der Waals surface area contributed by atoms with Gasteiger partial charge in [-0.15, -0.1) is 0 Å². The second-order valence-corrected chi connectivity index (χ2v) is 18.0. The Morgan fingerprint density at radius 2 is 0.768 bits per heavy atom. The molecule has 11 aromatic carbocycles. The van der Waals surface area contributed by atoms with Crippen LogP contribution in [-0.4, -0.2) is 0 Å². The van der Waals surface area contributed by atoms with Crippen molar-refractivity contribution in [3.63, 3.8) is 0 Å². The van der Waals surface area contributed by atoms with E-state index in [1.54, 1.807) is 0 Å². The van der Waals surface area contributed by atoms with Gasteiger partial charge in [0, 0.05) is 33.3 Å². The van der Waals surface area contributed by atoms with Gasteiger partial charge in [-0.05, 0) is 103 Å². The Bertz CT molecular complexity index is 3760. The van der Waals surface area contributed by atoms with Crippen LogP contribution in [0.5, 0.6) is 0 Å². The van der Waals surface area contributed by atoms with E-state index in [0.29, 0.717) is 0 Å². The summed E-state index contributed by atoms with van der Waals surface area (Å²) in [6.45, 7) is 0. The van der Waals surface area contributed by atoms with Crippen molar-refractivity contribution < 1.29 is 4.42 Å². The van der Waals surface area contributed by atoms with Crippen LogP contribution in [0.4, 0.5) is 17.1 Å². The third kappa shape index (κ3) is 6.72. The molecule has 0 spiro atoms. The molecule has 2 heteroatoms. The van der Waals surface area contributed by atoms with Crippen LogP contribution in [0, 0.1) is 0 Å². The van der Waals surface area contributed by atoms with Crippen LogP contribution in [0.15, 0.2) is 277 Å². The molecule has 1 aromatic heterocycles. The summed E-state index contributed by atoms with van der Waals surface area (Å²) in [5.41, 5.74) is 21.1. The summed E-state index contributed by atoms with van der Waals surface area (Å²) in [6, 6.07) is 99.4. The first kappa shape index (κ1) is 40.3. The maximum absolute atomic E-state index is 6.56. The van der Waals surface area contributed by atoms with Crippen LogP contribution in [-0.2, 0) is 5.41 Å². The van der Waals surface area contributed by atoms with Gasteiger partial charge in [-0.25, -0.2) is 0 Å². The Balaban J connectivity index is 1.06. The first-order valence-electron chi connectivity index (χ1n) is 23.7. The van der Waals surface area contributed by atoms with Crippen LogP contribution in [0.2, 0.25) is 0 Å². The minimum atomic E-state index is -0.562. The van der Waals surface area contributed by atoms with Crippen LogP contribution >= 0.6 is 0 Å². The summed E-state index contributed by atoms with van der Waals surface area (Å²) in [7, 11) is 0. The van der Waals surface area contributed by atoms with E-state index in [1.807, 2.05) is 6.07 Å². The predicted molar refractivity (Wildman–Crippen MR) is 287 cm³/mol. The van der Waals surface area contributed by atoms with E-state index in [0.717, 1.165) is 72.4 Å². The SMILES string of the molecule is c1ccc(-c2ccc(-c3ccc(-c4ccccc4)cc3N(c3ccc(-c4cccc5c4oc4ccccc45)cc3)c3ccc4c(c3)C(c3ccccc3)(c3ccccc3)c3ccccc3-4)cc2)cc1. The molecule has 0 atom stereocenters. The topological polar surface area (TPSA) is 16.4 Å². The summed E-state index contributed by atoms with van der Waals surface area (Å²) in [6.07, 6.45) is 0. The molecule has 0 N–H and O–H groups in total. The molecule has 0 saturated carbocycles. The quantitative estimate of drug-likeness (QED) is 0.144. The highest BCUT2D eigenvalue weighted by atomic mass is 16.3. The summed E-state index contributed by atoms with van der Waals surface area (Å²) in [5.74, 6) is 0. The maximum Gasteiger partial charge on any atom is 0.143 e. The first-order valence-corrected chi connectivity index (χ1v) is 23.7. The van der Waals surface area contributed by atoms with Gasteiger partial charge in [0.25, 0.3) is 0 Å². The number of fused-ring (bicyclic) bond motifs is 6. The number of nitrogens with zero attached hydrogens (tertiary/aromatic N) is 1. The van der Waals surface area contributed by atoms with Gasteiger partial charge in [0.1, 0.15) is 11.2 Å². The van der Waals surface area contributed by atoms with E-state index in [4.69, 9.17) is 4.42 Å². The highest BCUT2D eigenvalue weighted by molar-refractivity contribution is 6.09. The fraction of sp³-hybridized carbons (Fsp3) is 0.0149. The number of hydrogen-bond acceptors (Lipinski definition) is 2. The van der Waals surface area contributed by atoms with Gasteiger partial charge in [0.2, 0.25) is 0 Å². The zero-order valence-corrected chi connectivity index (χ0v) is 37.8. The lowest BCUT2D eigenvalue weighted by atomic mass is 9.67. The van der Waals surface area contributed by atoms with Crippen molar-refractivity contribution in [2.45, 2.75) is 5.41 Å². The molecule has 0 amide bonds. The molecular weight excluding hydrogens is 835 g/mol. The number of rotatable bonds is 9. The van der Waals surface area contributed by atoms with Gasteiger partial charge in [0.05, 0.1) is 11.1 Å². The van der Waals surface area contributed by atoms with Crippen molar-refractivity contribution in [2.24, 2.45) is 0 Å². The van der Waals surface area contributed by atoms with E-state index < -0.39 is 5.41 Å². The second-order valence-electron chi connectivity index (χ2n) is 18.0. The molecule has 0 bridgehead atoms. The number of furan rings is 1. The Hall–Kier alpha value is -8.98. The number of benzene rings is 11. The second kappa shape index (κ2) is 16.7. The van der Waals surface area contributed by atoms with Crippen molar-refractivity contribution >= 4 is 39.0 Å². The molecule has 13 rings (SSSR count). The highest BCUT2D eigenvalue weighted by Gasteiger charge is 2.46. The molecular formula is C67H45NO. The first-order chi connectivity index (χ1) is 34.2. The van der Waals surface area contributed by atoms with E-state index >= 15 is 0 Å². The zero-order chi connectivity index (χ0) is 45.7. The Labute approximate surface area is 402 Å². The van der Waals surface area contributed by atoms with E-state index in [-0.39, 0.29) is 0 Å². The summed E-state index contributed by atoms with van der Waals surface area (Å²) in [5, 5.41) is 2.24. The van der Waals surface area contributed by atoms with Crippen molar-refractivity contribution in [1.82, 2.24) is 0 Å². The molecule has 0 unspecified atom stereocenters. The van der Waals surface area contributed by atoms with Crippen LogP contribution in [0.25, 0.3) is 77.6 Å². The van der Waals surface area contributed by atoms with Crippen LogP contribution in [0.3, 0.4) is 0 Å². The Morgan fingerprint density at radius 3 is 1.48 bits per heavy atom. The van der Waals surface area contributed by atoms with E-state index in [9.17, 15) is 0 Å². The average molecular weight is 880 g/mol. The lowest BCUT2D eigenvalue weighted by Crippen LogP contribution is -2.28. The van der Waals surface area contributed by atoms with Crippen LogP contribution in [0.1, 0.15) is 22.3 Å². The highest BCUT2D eigenvalue weighted by Crippen LogP contribution is 2.57. The van der Waals surface area contributed by atoms with Gasteiger partial charge >= 0.3 is 0 Å². The van der Waals surface area contributed by atoms with Gasteiger partial charge in [0.15, 0.2) is 0 Å². The fourth-order valence-corrected chi connectivity index (χ4v) is 11.0. The minimum absolute atomic E-state index is 0.562. The maximum atomic E-state index is 6.56. The predicted octanol–water partition coefficient (Wildman–Crippen LogP) is 18.1. The standard InChI is InChI=1S/C67H45NO/c1-5-18-46(19-6-1)48-32-34-49(35-33-48)56-42-38-51(47-20-7-2-8-21-47)44-64(56)68(54-39-36-50(37-40-54)57-28-17-29-61-60-27-14-16-31-65(60)69-66(57)61)55-41-43-59-58-26-13-15-30-62(58)67(63(59)45-55,52-22-9-3-10-23-52)53-24-11-4-12-25-53/h1-45H. The zero-order valence-electron chi connectivity index (χ0n) is 37.8. The molecule has 0 radical (unpaired) electrons. The smallest absolute Gasteiger partial charge is 0.143 e. The number of anilines is 3.